The van der Waals surface area contributed by atoms with Gasteiger partial charge >= 0.3 is 0 Å². The van der Waals surface area contributed by atoms with Gasteiger partial charge in [0.05, 0.1) is 25.1 Å². The summed E-state index contributed by atoms with van der Waals surface area (Å²) < 4.78 is 11.5. The zero-order chi connectivity index (χ0) is 18.0. The van der Waals surface area contributed by atoms with Crippen LogP contribution in [-0.4, -0.2) is 43.0 Å². The number of anilines is 2. The summed E-state index contributed by atoms with van der Waals surface area (Å²) in [5.41, 5.74) is 2.32. The molecule has 4 rings (SSSR count). The van der Waals surface area contributed by atoms with Crippen molar-refractivity contribution >= 4 is 17.4 Å². The van der Waals surface area contributed by atoms with E-state index in [2.05, 4.69) is 15.2 Å². The Morgan fingerprint density at radius 2 is 1.85 bits per heavy atom. The lowest BCUT2D eigenvalue weighted by Gasteiger charge is -2.38. The summed E-state index contributed by atoms with van der Waals surface area (Å²) in [6.07, 6.45) is 3.40. The molecule has 6 nitrogen and oxygen atoms in total. The van der Waals surface area contributed by atoms with Crippen molar-refractivity contribution in [2.24, 2.45) is 0 Å². The molecular formula is C20H23N3O3. The number of carbonyl (C=O) groups excluding carboxylic acids is 1. The average Bonchev–Trinajstić information content (AvgIpc) is 3.11. The number of rotatable bonds is 3. The Hall–Kier alpha value is -2.44. The molecule has 0 radical (unpaired) electrons. The summed E-state index contributed by atoms with van der Waals surface area (Å²) in [6, 6.07) is 11.4. The number of piperidine rings is 1. The highest BCUT2D eigenvalue weighted by Crippen LogP contribution is 2.32. The summed E-state index contributed by atoms with van der Waals surface area (Å²) in [5.74, 6) is 0.414. The first-order chi connectivity index (χ1) is 12.7. The molecular weight excluding hydrogens is 330 g/mol. The molecule has 2 aromatic rings. The van der Waals surface area contributed by atoms with Crippen molar-refractivity contribution in [3.8, 4) is 0 Å². The van der Waals surface area contributed by atoms with Crippen LogP contribution in [0.1, 0.15) is 28.8 Å². The standard InChI is InChI=1S/C20H23N3O3/c1-15-4-2-3-5-17(15)19(24)22-16-6-7-18(21-14-16)23-10-8-20(9-11-23)25-12-13-26-20/h2-7,14H,8-13H2,1H3,(H,22,24). The van der Waals surface area contributed by atoms with Crippen LogP contribution in [0, 0.1) is 6.92 Å². The minimum atomic E-state index is -0.377. The Labute approximate surface area is 153 Å². The topological polar surface area (TPSA) is 63.7 Å². The molecule has 0 atom stereocenters. The van der Waals surface area contributed by atoms with E-state index in [1.54, 1.807) is 6.20 Å². The van der Waals surface area contributed by atoms with Crippen LogP contribution < -0.4 is 10.2 Å². The van der Waals surface area contributed by atoms with Crippen molar-refractivity contribution in [2.75, 3.05) is 36.5 Å². The van der Waals surface area contributed by atoms with Gasteiger partial charge in [0.25, 0.3) is 5.91 Å². The van der Waals surface area contributed by atoms with E-state index in [4.69, 9.17) is 9.47 Å². The molecule has 1 aromatic heterocycles. The lowest BCUT2D eigenvalue weighted by molar-refractivity contribution is -0.169. The lowest BCUT2D eigenvalue weighted by Crippen LogP contribution is -2.45. The van der Waals surface area contributed by atoms with Crippen LogP contribution in [0.3, 0.4) is 0 Å². The Morgan fingerprint density at radius 3 is 2.50 bits per heavy atom. The number of nitrogens with zero attached hydrogens (tertiary/aromatic N) is 2. The maximum atomic E-state index is 12.4. The second-order valence-corrected chi connectivity index (χ2v) is 6.77. The molecule has 1 N–H and O–H groups in total. The highest BCUT2D eigenvalue weighted by Gasteiger charge is 2.39. The predicted molar refractivity (Wildman–Crippen MR) is 99.5 cm³/mol. The van der Waals surface area contributed by atoms with E-state index in [0.717, 1.165) is 37.3 Å². The Morgan fingerprint density at radius 1 is 1.12 bits per heavy atom. The molecule has 2 fully saturated rings. The Bertz CT molecular complexity index is 775. The van der Waals surface area contributed by atoms with Gasteiger partial charge < -0.3 is 19.7 Å². The number of benzene rings is 1. The van der Waals surface area contributed by atoms with Crippen molar-refractivity contribution < 1.29 is 14.3 Å². The molecule has 26 heavy (non-hydrogen) atoms. The van der Waals surface area contributed by atoms with E-state index in [1.165, 1.54) is 0 Å². The Kier molecular flexibility index (Phi) is 4.61. The minimum Gasteiger partial charge on any atom is -0.356 e. The molecule has 0 saturated carbocycles. The van der Waals surface area contributed by atoms with E-state index in [9.17, 15) is 4.79 Å². The second-order valence-electron chi connectivity index (χ2n) is 6.77. The molecule has 136 valence electrons. The molecule has 0 bridgehead atoms. The molecule has 2 saturated heterocycles. The highest BCUT2D eigenvalue weighted by molar-refractivity contribution is 6.05. The van der Waals surface area contributed by atoms with Gasteiger partial charge in [-0.2, -0.15) is 0 Å². The third-order valence-electron chi connectivity index (χ3n) is 5.06. The number of pyridine rings is 1. The van der Waals surface area contributed by atoms with Crippen molar-refractivity contribution in [1.82, 2.24) is 4.98 Å². The first kappa shape index (κ1) is 17.0. The molecule has 0 unspecified atom stereocenters. The maximum Gasteiger partial charge on any atom is 0.255 e. The predicted octanol–water partition coefficient (Wildman–Crippen LogP) is 2.99. The van der Waals surface area contributed by atoms with Crippen molar-refractivity contribution in [3.63, 3.8) is 0 Å². The summed E-state index contributed by atoms with van der Waals surface area (Å²) in [5, 5.41) is 2.91. The number of hydrogen-bond acceptors (Lipinski definition) is 5. The van der Waals surface area contributed by atoms with Crippen molar-refractivity contribution in [1.29, 1.82) is 0 Å². The number of aromatic nitrogens is 1. The fraction of sp³-hybridized carbons (Fsp3) is 0.400. The van der Waals surface area contributed by atoms with Gasteiger partial charge in [-0.05, 0) is 30.7 Å². The summed E-state index contributed by atoms with van der Waals surface area (Å²) in [4.78, 5) is 19.1. The fourth-order valence-electron chi connectivity index (χ4n) is 3.54. The van der Waals surface area contributed by atoms with Crippen LogP contribution in [0.25, 0.3) is 0 Å². The maximum absolute atomic E-state index is 12.4. The molecule has 2 aliphatic heterocycles. The van der Waals surface area contributed by atoms with Gasteiger partial charge in [-0.25, -0.2) is 4.98 Å². The molecule has 1 aromatic carbocycles. The van der Waals surface area contributed by atoms with Gasteiger partial charge in [-0.15, -0.1) is 0 Å². The van der Waals surface area contributed by atoms with Gasteiger partial charge in [0, 0.05) is 31.5 Å². The molecule has 1 amide bonds. The van der Waals surface area contributed by atoms with E-state index >= 15 is 0 Å². The van der Waals surface area contributed by atoms with Crippen LogP contribution in [0.15, 0.2) is 42.6 Å². The van der Waals surface area contributed by atoms with Gasteiger partial charge in [-0.3, -0.25) is 4.79 Å². The van der Waals surface area contributed by atoms with Crippen molar-refractivity contribution in [2.45, 2.75) is 25.6 Å². The average molecular weight is 353 g/mol. The van der Waals surface area contributed by atoms with Gasteiger partial charge in [0.1, 0.15) is 5.82 Å². The lowest BCUT2D eigenvalue weighted by atomic mass is 10.0. The number of amides is 1. The van der Waals surface area contributed by atoms with Gasteiger partial charge in [0.15, 0.2) is 5.79 Å². The SMILES string of the molecule is Cc1ccccc1C(=O)Nc1ccc(N2CCC3(CC2)OCCO3)nc1. The number of carbonyl (C=O) groups is 1. The molecule has 3 heterocycles. The number of aryl methyl sites for hydroxylation is 1. The molecule has 0 aliphatic carbocycles. The number of hydrogen-bond donors (Lipinski definition) is 1. The van der Waals surface area contributed by atoms with Crippen LogP contribution in [0.5, 0.6) is 0 Å². The largest absolute Gasteiger partial charge is 0.356 e. The van der Waals surface area contributed by atoms with Crippen LogP contribution in [0.2, 0.25) is 0 Å². The van der Waals surface area contributed by atoms with Crippen molar-refractivity contribution in [3.05, 3.63) is 53.7 Å². The van der Waals surface area contributed by atoms with Gasteiger partial charge in [0.2, 0.25) is 0 Å². The highest BCUT2D eigenvalue weighted by atomic mass is 16.7. The minimum absolute atomic E-state index is 0.118. The fourth-order valence-corrected chi connectivity index (χ4v) is 3.54. The van der Waals surface area contributed by atoms with E-state index in [1.807, 2.05) is 43.3 Å². The summed E-state index contributed by atoms with van der Waals surface area (Å²) in [6.45, 7) is 5.00. The molecule has 1 spiro atoms. The van der Waals surface area contributed by atoms with Crippen LogP contribution >= 0.6 is 0 Å². The third-order valence-corrected chi connectivity index (χ3v) is 5.06. The summed E-state index contributed by atoms with van der Waals surface area (Å²) >= 11 is 0. The summed E-state index contributed by atoms with van der Waals surface area (Å²) in [7, 11) is 0. The smallest absolute Gasteiger partial charge is 0.255 e. The number of nitrogens with one attached hydrogen (secondary N) is 1. The monoisotopic (exact) mass is 353 g/mol. The van der Waals surface area contributed by atoms with E-state index in [0.29, 0.717) is 24.5 Å². The third kappa shape index (κ3) is 3.43. The zero-order valence-corrected chi connectivity index (χ0v) is 14.9. The molecule has 2 aliphatic rings. The second kappa shape index (κ2) is 7.05. The quantitative estimate of drug-likeness (QED) is 0.919. The zero-order valence-electron chi connectivity index (χ0n) is 14.9. The molecule has 6 heteroatoms. The normalized spacial score (nSPS) is 18.9. The van der Waals surface area contributed by atoms with Crippen LogP contribution in [-0.2, 0) is 9.47 Å². The van der Waals surface area contributed by atoms with Gasteiger partial charge in [-0.1, -0.05) is 18.2 Å². The van der Waals surface area contributed by atoms with Crippen LogP contribution in [0.4, 0.5) is 11.5 Å². The van der Waals surface area contributed by atoms with E-state index < -0.39 is 0 Å². The first-order valence-corrected chi connectivity index (χ1v) is 9.01. The Balaban J connectivity index is 1.38. The van der Waals surface area contributed by atoms with E-state index in [-0.39, 0.29) is 11.7 Å². The number of ether oxygens (including phenoxy) is 2. The first-order valence-electron chi connectivity index (χ1n) is 9.01.